The third kappa shape index (κ3) is 2.39. The van der Waals surface area contributed by atoms with E-state index in [1.54, 1.807) is 0 Å². The van der Waals surface area contributed by atoms with E-state index >= 15 is 0 Å². The van der Waals surface area contributed by atoms with E-state index in [1.165, 1.54) is 12.8 Å². The molecule has 2 aromatic heterocycles. The molecule has 1 aliphatic rings. The van der Waals surface area contributed by atoms with Crippen LogP contribution < -0.4 is 0 Å². The van der Waals surface area contributed by atoms with E-state index in [0.29, 0.717) is 5.92 Å². The minimum atomic E-state index is 0.536. The normalized spacial score (nSPS) is 21.8. The first-order valence-electron chi connectivity index (χ1n) is 6.12. The Hall–Kier alpha value is -1.62. The van der Waals surface area contributed by atoms with Crippen LogP contribution in [0, 0.1) is 0 Å². The zero-order chi connectivity index (χ0) is 11.5. The fourth-order valence-electron chi connectivity index (χ4n) is 2.52. The number of hydrogen-bond donors (Lipinski definition) is 2. The molecule has 0 bridgehead atoms. The van der Waals surface area contributed by atoms with Crippen molar-refractivity contribution in [1.82, 2.24) is 24.8 Å². The van der Waals surface area contributed by atoms with Crippen molar-refractivity contribution in [2.45, 2.75) is 25.3 Å². The smallest absolute Gasteiger partial charge is 0.120 e. The number of nitrogens with one attached hydrogen (secondary N) is 2. The maximum Gasteiger partial charge on any atom is 0.120 e. The Bertz CT molecular complexity index is 433. The van der Waals surface area contributed by atoms with Gasteiger partial charge in [0.2, 0.25) is 0 Å². The van der Waals surface area contributed by atoms with Crippen LogP contribution in [-0.2, 0) is 6.54 Å². The van der Waals surface area contributed by atoms with Gasteiger partial charge in [-0.25, -0.2) is 9.97 Å². The zero-order valence-corrected chi connectivity index (χ0v) is 9.76. The summed E-state index contributed by atoms with van der Waals surface area (Å²) < 4.78 is 0. The van der Waals surface area contributed by atoms with E-state index in [0.717, 1.165) is 31.3 Å². The number of aromatic amines is 2. The fraction of sp³-hybridized carbons (Fsp3) is 0.500. The van der Waals surface area contributed by atoms with Crippen LogP contribution in [0.15, 0.2) is 24.8 Å². The second kappa shape index (κ2) is 4.71. The first-order chi connectivity index (χ1) is 8.42. The van der Waals surface area contributed by atoms with E-state index in [-0.39, 0.29) is 0 Å². The molecule has 5 nitrogen and oxygen atoms in total. The van der Waals surface area contributed by atoms with Crippen molar-refractivity contribution in [3.05, 3.63) is 36.4 Å². The number of nitrogens with zero attached hydrogens (tertiary/aromatic N) is 3. The Morgan fingerprint density at radius 3 is 2.88 bits per heavy atom. The molecule has 0 amide bonds. The monoisotopic (exact) mass is 231 g/mol. The first kappa shape index (κ1) is 10.5. The minimum absolute atomic E-state index is 0.536. The molecular weight excluding hydrogens is 214 g/mol. The van der Waals surface area contributed by atoms with E-state index < -0.39 is 0 Å². The average molecular weight is 231 g/mol. The minimum Gasteiger partial charge on any atom is -0.348 e. The molecule has 90 valence electrons. The molecule has 2 aromatic rings. The second-order valence-corrected chi connectivity index (χ2v) is 4.58. The Kier molecular flexibility index (Phi) is 2.92. The van der Waals surface area contributed by atoms with Gasteiger partial charge in [-0.15, -0.1) is 0 Å². The van der Waals surface area contributed by atoms with Crippen molar-refractivity contribution in [1.29, 1.82) is 0 Å². The summed E-state index contributed by atoms with van der Waals surface area (Å²) in [4.78, 5) is 17.5. The molecule has 0 saturated carbocycles. The van der Waals surface area contributed by atoms with Crippen LogP contribution in [0.5, 0.6) is 0 Å². The lowest BCUT2D eigenvalue weighted by molar-refractivity contribution is 0.193. The van der Waals surface area contributed by atoms with Crippen LogP contribution >= 0.6 is 0 Å². The molecule has 3 heterocycles. The van der Waals surface area contributed by atoms with Crippen molar-refractivity contribution < 1.29 is 0 Å². The Balaban J connectivity index is 1.64. The summed E-state index contributed by atoms with van der Waals surface area (Å²) in [6, 6.07) is 0. The number of hydrogen-bond acceptors (Lipinski definition) is 3. The lowest BCUT2D eigenvalue weighted by Gasteiger charge is -2.31. The molecule has 1 atom stereocenters. The summed E-state index contributed by atoms with van der Waals surface area (Å²) >= 11 is 0. The molecule has 0 aromatic carbocycles. The first-order valence-corrected chi connectivity index (χ1v) is 6.12. The predicted molar refractivity (Wildman–Crippen MR) is 64.4 cm³/mol. The molecular formula is C12H17N5. The largest absolute Gasteiger partial charge is 0.348 e. The predicted octanol–water partition coefficient (Wildman–Crippen LogP) is 1.51. The highest BCUT2D eigenvalue weighted by Crippen LogP contribution is 2.24. The van der Waals surface area contributed by atoms with Crippen molar-refractivity contribution in [3.63, 3.8) is 0 Å². The summed E-state index contributed by atoms with van der Waals surface area (Å²) in [6.07, 6.45) is 9.88. The lowest BCUT2D eigenvalue weighted by Crippen LogP contribution is -2.34. The summed E-state index contributed by atoms with van der Waals surface area (Å²) in [6.45, 7) is 3.12. The highest BCUT2D eigenvalue weighted by molar-refractivity contribution is 5.00. The maximum atomic E-state index is 4.37. The van der Waals surface area contributed by atoms with Gasteiger partial charge in [0.1, 0.15) is 11.6 Å². The highest BCUT2D eigenvalue weighted by atomic mass is 15.2. The maximum absolute atomic E-state index is 4.37. The van der Waals surface area contributed by atoms with Crippen LogP contribution in [0.25, 0.3) is 0 Å². The van der Waals surface area contributed by atoms with E-state index in [1.807, 2.05) is 24.8 Å². The van der Waals surface area contributed by atoms with Gasteiger partial charge in [-0.05, 0) is 19.4 Å². The van der Waals surface area contributed by atoms with Crippen molar-refractivity contribution in [2.24, 2.45) is 0 Å². The molecule has 2 N–H and O–H groups in total. The lowest BCUT2D eigenvalue weighted by atomic mass is 9.97. The van der Waals surface area contributed by atoms with Crippen molar-refractivity contribution >= 4 is 0 Å². The number of likely N-dealkylation sites (tertiary alicyclic amines) is 1. The zero-order valence-electron chi connectivity index (χ0n) is 9.76. The van der Waals surface area contributed by atoms with Gasteiger partial charge >= 0.3 is 0 Å². The SMILES string of the molecule is c1c[nH]c(CN2CCCC(c3ncc[nH]3)C2)n1. The van der Waals surface area contributed by atoms with E-state index in [9.17, 15) is 0 Å². The third-order valence-corrected chi connectivity index (χ3v) is 3.34. The Morgan fingerprint density at radius 1 is 1.24 bits per heavy atom. The Morgan fingerprint density at radius 2 is 2.12 bits per heavy atom. The second-order valence-electron chi connectivity index (χ2n) is 4.58. The van der Waals surface area contributed by atoms with Crippen molar-refractivity contribution in [3.8, 4) is 0 Å². The van der Waals surface area contributed by atoms with E-state index in [4.69, 9.17) is 0 Å². The number of H-pyrrole nitrogens is 2. The molecule has 17 heavy (non-hydrogen) atoms. The summed E-state index contributed by atoms with van der Waals surface area (Å²) in [5.74, 6) is 2.70. The Labute approximate surface area is 100 Å². The molecule has 3 rings (SSSR count). The van der Waals surface area contributed by atoms with Crippen LogP contribution in [0.3, 0.4) is 0 Å². The van der Waals surface area contributed by atoms with Gasteiger partial charge in [0.15, 0.2) is 0 Å². The topological polar surface area (TPSA) is 60.6 Å². The molecule has 5 heteroatoms. The van der Waals surface area contributed by atoms with Gasteiger partial charge in [0.25, 0.3) is 0 Å². The standard InChI is InChI=1S/C12H17N5/c1-2-10(12-15-5-6-16-12)8-17(7-1)9-11-13-3-4-14-11/h3-6,10H,1-2,7-9H2,(H,13,14)(H,15,16). The van der Waals surface area contributed by atoms with Crippen LogP contribution in [-0.4, -0.2) is 37.9 Å². The quantitative estimate of drug-likeness (QED) is 0.841. The fourth-order valence-corrected chi connectivity index (χ4v) is 2.52. The molecule has 1 saturated heterocycles. The number of imidazole rings is 2. The summed E-state index contributed by atoms with van der Waals surface area (Å²) in [7, 11) is 0. The van der Waals surface area contributed by atoms with Crippen LogP contribution in [0.1, 0.15) is 30.4 Å². The van der Waals surface area contributed by atoms with Gasteiger partial charge in [-0.3, -0.25) is 4.90 Å². The van der Waals surface area contributed by atoms with Gasteiger partial charge < -0.3 is 9.97 Å². The third-order valence-electron chi connectivity index (χ3n) is 3.34. The van der Waals surface area contributed by atoms with Gasteiger partial charge in [-0.2, -0.15) is 0 Å². The average Bonchev–Trinajstić information content (AvgIpc) is 3.01. The number of piperidine rings is 1. The molecule has 1 aliphatic heterocycles. The van der Waals surface area contributed by atoms with Gasteiger partial charge in [0.05, 0.1) is 6.54 Å². The number of rotatable bonds is 3. The van der Waals surface area contributed by atoms with Gasteiger partial charge in [0, 0.05) is 37.3 Å². The molecule has 0 radical (unpaired) electrons. The molecule has 0 spiro atoms. The van der Waals surface area contributed by atoms with Gasteiger partial charge in [-0.1, -0.05) is 0 Å². The highest BCUT2D eigenvalue weighted by Gasteiger charge is 2.23. The summed E-state index contributed by atoms with van der Waals surface area (Å²) in [5.41, 5.74) is 0. The van der Waals surface area contributed by atoms with Crippen LogP contribution in [0.4, 0.5) is 0 Å². The van der Waals surface area contributed by atoms with Crippen molar-refractivity contribution in [2.75, 3.05) is 13.1 Å². The molecule has 0 aliphatic carbocycles. The number of aromatic nitrogens is 4. The molecule has 1 fully saturated rings. The van der Waals surface area contributed by atoms with E-state index in [2.05, 4.69) is 24.8 Å². The summed E-state index contributed by atoms with van der Waals surface area (Å²) in [5, 5.41) is 0. The molecule has 1 unspecified atom stereocenters. The van der Waals surface area contributed by atoms with Crippen LogP contribution in [0.2, 0.25) is 0 Å².